The Bertz CT molecular complexity index is 731. The molecule has 0 unspecified atom stereocenters. The largest absolute Gasteiger partial charge is 0.376 e. The predicted molar refractivity (Wildman–Crippen MR) is 95.4 cm³/mol. The third-order valence-corrected chi connectivity index (χ3v) is 3.89. The summed E-state index contributed by atoms with van der Waals surface area (Å²) in [5.41, 5.74) is 2.43. The highest BCUT2D eigenvalue weighted by Gasteiger charge is 2.11. The second-order valence-corrected chi connectivity index (χ2v) is 5.61. The fourth-order valence-electron chi connectivity index (χ4n) is 2.37. The van der Waals surface area contributed by atoms with Crippen LogP contribution in [0.2, 0.25) is 0 Å². The molecule has 6 nitrogen and oxygen atoms in total. The first kappa shape index (κ1) is 17.5. The minimum atomic E-state index is -0.465. The molecule has 0 aliphatic rings. The number of nitro benzene ring substituents is 1. The number of hydrogen-bond donors (Lipinski definition) is 2. The van der Waals surface area contributed by atoms with Crippen molar-refractivity contribution in [3.05, 3.63) is 64.2 Å². The van der Waals surface area contributed by atoms with Crippen molar-refractivity contribution in [3.8, 4) is 0 Å². The average Bonchev–Trinajstić information content (AvgIpc) is 2.60. The zero-order valence-corrected chi connectivity index (χ0v) is 13.8. The monoisotopic (exact) mass is 327 g/mol. The van der Waals surface area contributed by atoms with Crippen molar-refractivity contribution in [2.75, 3.05) is 17.2 Å². The van der Waals surface area contributed by atoms with Crippen LogP contribution >= 0.6 is 0 Å². The first-order chi connectivity index (χ1) is 11.5. The Morgan fingerprint density at radius 3 is 2.67 bits per heavy atom. The number of nitrogens with zero attached hydrogens (tertiary/aromatic N) is 1. The van der Waals surface area contributed by atoms with Gasteiger partial charge in [0.05, 0.1) is 11.5 Å². The molecular weight excluding hydrogens is 306 g/mol. The third kappa shape index (κ3) is 4.55. The van der Waals surface area contributed by atoms with Crippen LogP contribution in [-0.2, 0) is 4.79 Å². The second kappa shape index (κ2) is 8.10. The summed E-state index contributed by atoms with van der Waals surface area (Å²) < 4.78 is 0. The fraction of sp³-hybridized carbons (Fsp3) is 0.278. The second-order valence-electron chi connectivity index (χ2n) is 5.61. The molecule has 1 amide bonds. The summed E-state index contributed by atoms with van der Waals surface area (Å²) in [6.07, 6.45) is 0.985. The summed E-state index contributed by atoms with van der Waals surface area (Å²) >= 11 is 0. The van der Waals surface area contributed by atoms with Gasteiger partial charge in [-0.3, -0.25) is 14.9 Å². The van der Waals surface area contributed by atoms with Crippen molar-refractivity contribution in [2.24, 2.45) is 0 Å². The van der Waals surface area contributed by atoms with E-state index in [4.69, 9.17) is 0 Å². The number of benzene rings is 2. The Kier molecular flexibility index (Phi) is 5.89. The lowest BCUT2D eigenvalue weighted by Crippen LogP contribution is -2.22. The van der Waals surface area contributed by atoms with Gasteiger partial charge in [0.25, 0.3) is 5.69 Å². The molecule has 1 atom stereocenters. The lowest BCUT2D eigenvalue weighted by atomic mass is 9.97. The lowest BCUT2D eigenvalue weighted by Gasteiger charge is -2.16. The van der Waals surface area contributed by atoms with Crippen molar-refractivity contribution < 1.29 is 9.72 Å². The number of rotatable bonds is 7. The molecule has 2 aromatic carbocycles. The molecule has 0 bridgehead atoms. The van der Waals surface area contributed by atoms with Crippen molar-refractivity contribution in [3.63, 3.8) is 0 Å². The summed E-state index contributed by atoms with van der Waals surface area (Å²) in [4.78, 5) is 22.5. The van der Waals surface area contributed by atoms with Gasteiger partial charge in [-0.1, -0.05) is 38.1 Å². The number of hydrogen-bond acceptors (Lipinski definition) is 4. The van der Waals surface area contributed by atoms with Crippen molar-refractivity contribution in [2.45, 2.75) is 26.2 Å². The van der Waals surface area contributed by atoms with Gasteiger partial charge in [0.2, 0.25) is 5.91 Å². The van der Waals surface area contributed by atoms with E-state index in [-0.39, 0.29) is 18.1 Å². The maximum Gasteiger partial charge on any atom is 0.271 e. The number of carbonyl (C=O) groups is 1. The molecule has 0 heterocycles. The first-order valence-electron chi connectivity index (χ1n) is 7.88. The molecule has 2 rings (SSSR count). The molecule has 0 radical (unpaired) electrons. The maximum atomic E-state index is 12.2. The standard InChI is InChI=1S/C18H21N3O3/c1-3-13(2)16-9-4-5-10-17(16)20-18(22)12-19-14-7-6-8-15(11-14)21(23)24/h4-11,13,19H,3,12H2,1-2H3,(H,20,22)/t13-/m0/s1. The van der Waals surface area contributed by atoms with Gasteiger partial charge in [-0.15, -0.1) is 0 Å². The highest BCUT2D eigenvalue weighted by molar-refractivity contribution is 5.94. The Morgan fingerprint density at radius 2 is 1.96 bits per heavy atom. The van der Waals surface area contributed by atoms with Crippen molar-refractivity contribution in [1.82, 2.24) is 0 Å². The maximum absolute atomic E-state index is 12.2. The molecule has 2 aromatic rings. The van der Waals surface area contributed by atoms with Gasteiger partial charge in [0.15, 0.2) is 0 Å². The number of nitro groups is 1. The summed E-state index contributed by atoms with van der Waals surface area (Å²) in [6.45, 7) is 4.26. The van der Waals surface area contributed by atoms with E-state index in [1.807, 2.05) is 24.3 Å². The molecule has 0 spiro atoms. The van der Waals surface area contributed by atoms with E-state index in [2.05, 4.69) is 24.5 Å². The molecule has 0 fully saturated rings. The van der Waals surface area contributed by atoms with Gasteiger partial charge in [0, 0.05) is 23.5 Å². The van der Waals surface area contributed by atoms with Gasteiger partial charge in [-0.25, -0.2) is 0 Å². The zero-order valence-electron chi connectivity index (χ0n) is 13.8. The molecule has 0 saturated heterocycles. The van der Waals surface area contributed by atoms with Gasteiger partial charge in [0.1, 0.15) is 0 Å². The van der Waals surface area contributed by atoms with Gasteiger partial charge >= 0.3 is 0 Å². The number of anilines is 2. The normalized spacial score (nSPS) is 11.6. The van der Waals surface area contributed by atoms with Crippen molar-refractivity contribution in [1.29, 1.82) is 0 Å². The topological polar surface area (TPSA) is 84.3 Å². The van der Waals surface area contributed by atoms with Gasteiger partial charge < -0.3 is 10.6 Å². The Hall–Kier alpha value is -2.89. The Morgan fingerprint density at radius 1 is 1.21 bits per heavy atom. The number of para-hydroxylation sites is 1. The van der Waals surface area contributed by atoms with E-state index in [1.165, 1.54) is 12.1 Å². The van der Waals surface area contributed by atoms with E-state index in [1.54, 1.807) is 12.1 Å². The van der Waals surface area contributed by atoms with Crippen LogP contribution in [0.5, 0.6) is 0 Å². The van der Waals surface area contributed by atoms with Crippen LogP contribution in [0.15, 0.2) is 48.5 Å². The van der Waals surface area contributed by atoms with Crippen LogP contribution in [0.3, 0.4) is 0 Å². The highest BCUT2D eigenvalue weighted by Crippen LogP contribution is 2.26. The number of amides is 1. The summed E-state index contributed by atoms with van der Waals surface area (Å²) in [5, 5.41) is 16.6. The van der Waals surface area contributed by atoms with Crippen molar-refractivity contribution >= 4 is 23.0 Å². The minimum Gasteiger partial charge on any atom is -0.376 e. The Labute approximate surface area is 141 Å². The van der Waals surface area contributed by atoms with Crippen LogP contribution in [0.4, 0.5) is 17.1 Å². The zero-order chi connectivity index (χ0) is 17.5. The first-order valence-corrected chi connectivity index (χ1v) is 7.88. The van der Waals surface area contributed by atoms with E-state index >= 15 is 0 Å². The lowest BCUT2D eigenvalue weighted by molar-refractivity contribution is -0.384. The molecule has 0 aromatic heterocycles. The predicted octanol–water partition coefficient (Wildman–Crippen LogP) is 4.16. The molecule has 0 saturated carbocycles. The third-order valence-electron chi connectivity index (χ3n) is 3.89. The van der Waals surface area contributed by atoms with Crippen LogP contribution in [0.1, 0.15) is 31.7 Å². The summed E-state index contributed by atoms with van der Waals surface area (Å²) in [5.74, 6) is 0.156. The summed E-state index contributed by atoms with van der Waals surface area (Å²) in [6, 6.07) is 13.8. The molecule has 0 aliphatic heterocycles. The molecule has 2 N–H and O–H groups in total. The number of nitrogens with one attached hydrogen (secondary N) is 2. The molecule has 24 heavy (non-hydrogen) atoms. The van der Waals surface area contributed by atoms with Crippen LogP contribution in [0.25, 0.3) is 0 Å². The van der Waals surface area contributed by atoms with E-state index in [9.17, 15) is 14.9 Å². The van der Waals surface area contributed by atoms with Crippen LogP contribution in [0, 0.1) is 10.1 Å². The molecular formula is C18H21N3O3. The van der Waals surface area contributed by atoms with Gasteiger partial charge in [-0.05, 0) is 30.0 Å². The quantitative estimate of drug-likeness (QED) is 0.591. The number of carbonyl (C=O) groups excluding carboxylic acids is 1. The SMILES string of the molecule is CC[C@H](C)c1ccccc1NC(=O)CNc1cccc([N+](=O)[O-])c1. The number of non-ortho nitro benzene ring substituents is 1. The molecule has 6 heteroatoms. The van der Waals surface area contributed by atoms with E-state index in [0.29, 0.717) is 11.6 Å². The smallest absolute Gasteiger partial charge is 0.271 e. The van der Waals surface area contributed by atoms with Crippen LogP contribution in [-0.4, -0.2) is 17.4 Å². The van der Waals surface area contributed by atoms with Gasteiger partial charge in [-0.2, -0.15) is 0 Å². The van der Waals surface area contributed by atoms with Crippen LogP contribution < -0.4 is 10.6 Å². The van der Waals surface area contributed by atoms with E-state index in [0.717, 1.165) is 17.7 Å². The fourth-order valence-corrected chi connectivity index (χ4v) is 2.37. The minimum absolute atomic E-state index is 0.0116. The average molecular weight is 327 g/mol. The summed E-state index contributed by atoms with van der Waals surface area (Å²) in [7, 11) is 0. The molecule has 126 valence electrons. The molecule has 0 aliphatic carbocycles. The highest BCUT2D eigenvalue weighted by atomic mass is 16.6. The van der Waals surface area contributed by atoms with E-state index < -0.39 is 4.92 Å². The Balaban J connectivity index is 1.99.